The largest absolute Gasteiger partial charge is 0.481 e. The second-order valence-corrected chi connectivity index (χ2v) is 15.5. The van der Waals surface area contributed by atoms with Gasteiger partial charge >= 0.3 is 21.7 Å². The van der Waals surface area contributed by atoms with Crippen molar-refractivity contribution in [3.05, 3.63) is 35.9 Å². The number of aliphatic imine (C=N–C) groups is 1. The summed E-state index contributed by atoms with van der Waals surface area (Å²) >= 11 is 0. The van der Waals surface area contributed by atoms with E-state index in [1.165, 1.54) is 10.9 Å². The molecule has 6 rings (SSSR count). The monoisotopic (exact) mass is 803 g/mol. The topological polar surface area (TPSA) is 376 Å². The number of nitrogens with zero attached hydrogens (tertiary/aromatic N) is 6. The minimum Gasteiger partial charge on any atom is -0.388 e. The Hall–Kier alpha value is -4.04. The lowest BCUT2D eigenvalue weighted by molar-refractivity contribution is -0.131. The molecule has 1 fully saturated rings. The van der Waals surface area contributed by atoms with E-state index < -0.39 is 102 Å². The molecule has 3 aromatic rings. The minimum atomic E-state index is -5.58. The van der Waals surface area contributed by atoms with E-state index in [-0.39, 0.29) is 28.4 Å². The van der Waals surface area contributed by atoms with E-state index in [9.17, 15) is 59.1 Å². The van der Waals surface area contributed by atoms with Gasteiger partial charge in [-0.15, -0.1) is 0 Å². The molecule has 10 atom stereocenters. The zero-order valence-electron chi connectivity index (χ0n) is 28.0. The Bertz CT molecular complexity index is 2100. The number of hydrogen-bond acceptors (Lipinski definition) is 20. The summed E-state index contributed by atoms with van der Waals surface area (Å²) in [4.78, 5) is 61.5. The van der Waals surface area contributed by atoms with Crippen LogP contribution in [-0.2, 0) is 32.0 Å². The fraction of sp³-hybridized carbons (Fsp3) is 0.481. The predicted octanol–water partition coefficient (Wildman–Crippen LogP) is -2.75. The number of aromatic nitrogens is 4. The number of amides is 3. The van der Waals surface area contributed by atoms with Crippen LogP contribution in [0.4, 0.5) is 22.0 Å². The van der Waals surface area contributed by atoms with Crippen molar-refractivity contribution in [1.29, 1.82) is 0 Å². The van der Waals surface area contributed by atoms with Crippen LogP contribution in [0.3, 0.4) is 0 Å². The van der Waals surface area contributed by atoms with Crippen LogP contribution in [0.15, 0.2) is 29.8 Å². The summed E-state index contributed by atoms with van der Waals surface area (Å²) in [6.07, 6.45) is -10.2. The van der Waals surface area contributed by atoms with E-state index in [2.05, 4.69) is 34.1 Å². The number of phosphoric ester groups is 2. The number of fused-ring (bicyclic) bond motifs is 3. The van der Waals surface area contributed by atoms with Crippen molar-refractivity contribution >= 4 is 61.8 Å². The van der Waals surface area contributed by atoms with Crippen LogP contribution in [0, 0.1) is 13.8 Å². The number of benzene rings is 1. The van der Waals surface area contributed by atoms with Crippen LogP contribution in [0.5, 0.6) is 0 Å². The number of phosphoric acid groups is 2. The molecule has 0 bridgehead atoms. The zero-order valence-corrected chi connectivity index (χ0v) is 29.8. The number of carbonyl (C=O) groups is 2. The average Bonchev–Trinajstić information content (AvgIpc) is 3.64. The summed E-state index contributed by atoms with van der Waals surface area (Å²) in [7, 11) is -11.1. The number of β-amino-alcohol motifs (C(OH)–C–C–N with tert-alkyl or cyclic N) is 1. The van der Waals surface area contributed by atoms with Gasteiger partial charge in [-0.3, -0.25) is 23.7 Å². The van der Waals surface area contributed by atoms with Crippen molar-refractivity contribution in [1.82, 2.24) is 24.8 Å². The molecule has 3 aliphatic rings. The Morgan fingerprint density at radius 3 is 2.43 bits per heavy atom. The fourth-order valence-corrected chi connectivity index (χ4v) is 7.90. The Morgan fingerprint density at radius 2 is 1.70 bits per heavy atom. The lowest BCUT2D eigenvalue weighted by Crippen LogP contribution is -2.69. The molecule has 294 valence electrons. The third-order valence-electron chi connectivity index (χ3n) is 8.73. The molecule has 4 unspecified atom stereocenters. The van der Waals surface area contributed by atoms with Gasteiger partial charge < -0.3 is 61.1 Å². The third-order valence-corrected chi connectivity index (χ3v) is 11.3. The second kappa shape index (κ2) is 14.6. The maximum Gasteiger partial charge on any atom is 0.481 e. The van der Waals surface area contributed by atoms with E-state index in [0.717, 1.165) is 16.8 Å². The number of anilines is 3. The summed E-state index contributed by atoms with van der Waals surface area (Å²) in [5, 5.41) is 68.7. The van der Waals surface area contributed by atoms with Crippen LogP contribution >= 0.6 is 15.6 Å². The number of imidazole rings is 1. The normalized spacial score (nSPS) is 27.9. The lowest BCUT2D eigenvalue weighted by atomic mass is 9.98. The number of urea groups is 1. The van der Waals surface area contributed by atoms with Gasteiger partial charge in [0.15, 0.2) is 23.5 Å². The van der Waals surface area contributed by atoms with Crippen molar-refractivity contribution in [3.63, 3.8) is 0 Å². The minimum absolute atomic E-state index is 0.0224. The van der Waals surface area contributed by atoms with Gasteiger partial charge in [0.05, 0.1) is 37.5 Å². The molecule has 2 aromatic heterocycles. The average molecular weight is 804 g/mol. The SMILES string of the molecule is Cc1cc2c(cc1C)N(C[C@H](O)[C@H](O)[C@H](O)COP(=O)(O)OP(=O)(O)OCC1O[C@@H](n3cnc4c(N)ncnc43)[C@H](O)[C@@H]1O)C1=NC(=O)NC(=O)C1(O)N2. The number of hydrogen-bond donors (Lipinski definition) is 11. The van der Waals surface area contributed by atoms with E-state index in [0.29, 0.717) is 5.56 Å². The molecule has 12 N–H and O–H groups in total. The lowest BCUT2D eigenvalue weighted by Gasteiger charge is -2.44. The van der Waals surface area contributed by atoms with Gasteiger partial charge in [0.1, 0.15) is 48.5 Å². The number of ether oxygens (including phenoxy) is 1. The number of nitrogens with one attached hydrogen (secondary N) is 2. The maximum atomic E-state index is 12.6. The molecule has 1 aromatic carbocycles. The number of carbonyl (C=O) groups excluding carboxylic acids is 2. The molecule has 25 nitrogen and oxygen atoms in total. The Labute approximate surface area is 302 Å². The first-order chi connectivity index (χ1) is 25.2. The fourth-order valence-electron chi connectivity index (χ4n) is 5.80. The molecular formula is C27H35N9O16P2. The predicted molar refractivity (Wildman–Crippen MR) is 179 cm³/mol. The first-order valence-corrected chi connectivity index (χ1v) is 18.7. The van der Waals surface area contributed by atoms with E-state index in [1.807, 2.05) is 5.32 Å². The molecule has 0 saturated carbocycles. The number of aryl methyl sites for hydroxylation is 2. The van der Waals surface area contributed by atoms with Gasteiger partial charge in [0.25, 0.3) is 11.6 Å². The smallest absolute Gasteiger partial charge is 0.388 e. The maximum absolute atomic E-state index is 12.6. The zero-order chi connectivity index (χ0) is 39.5. The quantitative estimate of drug-likeness (QED) is 0.0780. The van der Waals surface area contributed by atoms with Crippen LogP contribution in [-0.4, -0.2) is 140 Å². The molecular weight excluding hydrogens is 768 g/mol. The number of nitrogens with two attached hydrogens (primary N) is 1. The number of amidine groups is 1. The van der Waals surface area contributed by atoms with Crippen molar-refractivity contribution in [2.45, 2.75) is 62.4 Å². The van der Waals surface area contributed by atoms with Gasteiger partial charge in [0.2, 0.25) is 0 Å². The van der Waals surface area contributed by atoms with Crippen molar-refractivity contribution in [2.24, 2.45) is 4.99 Å². The van der Waals surface area contributed by atoms with E-state index >= 15 is 0 Å². The molecule has 0 spiro atoms. The van der Waals surface area contributed by atoms with E-state index in [4.69, 9.17) is 15.0 Å². The van der Waals surface area contributed by atoms with Crippen molar-refractivity contribution in [3.8, 4) is 0 Å². The van der Waals surface area contributed by atoms with Crippen LogP contribution in [0.2, 0.25) is 0 Å². The van der Waals surface area contributed by atoms with Crippen LogP contribution < -0.4 is 21.3 Å². The van der Waals surface area contributed by atoms with Gasteiger partial charge in [-0.25, -0.2) is 28.9 Å². The Morgan fingerprint density at radius 1 is 1.02 bits per heavy atom. The second-order valence-electron chi connectivity index (χ2n) is 12.5. The van der Waals surface area contributed by atoms with Crippen molar-refractivity contribution < 1.29 is 77.2 Å². The molecule has 5 heterocycles. The summed E-state index contributed by atoms with van der Waals surface area (Å²) in [5.74, 6) is -1.72. The van der Waals surface area contributed by atoms with E-state index in [1.54, 1.807) is 26.0 Å². The molecule has 1 saturated heterocycles. The number of nitrogen functional groups attached to an aromatic ring is 1. The van der Waals surface area contributed by atoms with Crippen LogP contribution in [0.1, 0.15) is 17.4 Å². The number of imide groups is 1. The molecule has 3 aliphatic heterocycles. The highest BCUT2D eigenvalue weighted by atomic mass is 31.3. The number of aliphatic hydroxyl groups excluding tert-OH is 5. The highest BCUT2D eigenvalue weighted by Gasteiger charge is 2.53. The Balaban J connectivity index is 1.06. The van der Waals surface area contributed by atoms with Gasteiger partial charge in [0, 0.05) is 0 Å². The van der Waals surface area contributed by atoms with Gasteiger partial charge in [-0.1, -0.05) is 0 Å². The summed E-state index contributed by atoms with van der Waals surface area (Å²) in [6.45, 7) is 0.513. The van der Waals surface area contributed by atoms with Crippen LogP contribution in [0.25, 0.3) is 11.2 Å². The summed E-state index contributed by atoms with van der Waals surface area (Å²) in [5.41, 5.74) is 5.31. The summed E-state index contributed by atoms with van der Waals surface area (Å²) in [6, 6.07) is 2.02. The molecule has 27 heteroatoms. The highest BCUT2D eigenvalue weighted by molar-refractivity contribution is 7.61. The van der Waals surface area contributed by atoms with Gasteiger partial charge in [-0.05, 0) is 37.1 Å². The van der Waals surface area contributed by atoms with Crippen molar-refractivity contribution in [2.75, 3.05) is 35.7 Å². The third kappa shape index (κ3) is 7.60. The first kappa shape index (κ1) is 39.6. The summed E-state index contributed by atoms with van der Waals surface area (Å²) < 4.78 is 45.3. The molecule has 0 aliphatic carbocycles. The van der Waals surface area contributed by atoms with Gasteiger partial charge in [-0.2, -0.15) is 9.30 Å². The Kier molecular flexibility index (Phi) is 10.7. The molecule has 0 radical (unpaired) electrons. The standard InChI is InChI=1S/C27H35N9O16P2/c1-10-3-12-13(4-11(10)2)35(24-27(44,34-12)25(42)33-26(43)32-24)5-14(37)18(39)15(38)6-49-53(45,46)52-54(47,48)50-7-16-19(40)20(41)23(51-16)36-9-31-17-21(28)29-8-30-22(17)36/h3-4,8-9,14-16,18-20,23,34,37-41,44H,5-7H2,1-2H3,(H,45,46)(H,47,48)(H2,28,29,30)(H,33,42,43)/t14-,15+,16?,18-,19+,20+,23+,27?/m0/s1. The molecule has 3 amide bonds. The number of rotatable bonds is 13. The first-order valence-electron chi connectivity index (χ1n) is 15.7. The molecule has 54 heavy (non-hydrogen) atoms. The number of aliphatic hydroxyl groups is 6. The highest BCUT2D eigenvalue weighted by Crippen LogP contribution is 2.60.